The number of rotatable bonds is 3. The minimum atomic E-state index is -0.473. The van der Waals surface area contributed by atoms with E-state index in [1.165, 1.54) is 29.8 Å². The molecule has 0 fully saturated rings. The highest BCUT2D eigenvalue weighted by Crippen LogP contribution is 2.39. The average Bonchev–Trinajstić information content (AvgIpc) is 3.17. The highest BCUT2D eigenvalue weighted by Gasteiger charge is 2.32. The molecule has 1 unspecified atom stereocenters. The second kappa shape index (κ2) is 6.93. The molecule has 1 aliphatic heterocycles. The lowest BCUT2D eigenvalue weighted by molar-refractivity contribution is -0.119. The molecule has 0 aliphatic carbocycles. The van der Waals surface area contributed by atoms with Gasteiger partial charge in [0.15, 0.2) is 5.82 Å². The summed E-state index contributed by atoms with van der Waals surface area (Å²) in [5.41, 5.74) is 9.75. The van der Waals surface area contributed by atoms with Crippen molar-refractivity contribution in [2.45, 2.75) is 19.0 Å². The van der Waals surface area contributed by atoms with E-state index in [-0.39, 0.29) is 11.7 Å². The molecule has 2 aromatic heterocycles. The van der Waals surface area contributed by atoms with Crippen molar-refractivity contribution in [1.29, 1.82) is 0 Å². The maximum atomic E-state index is 13.3. The average molecular weight is 404 g/mol. The molecular weight excluding hydrogens is 387 g/mol. The van der Waals surface area contributed by atoms with Crippen molar-refractivity contribution in [3.05, 3.63) is 77.9 Å². The first-order valence-corrected chi connectivity index (χ1v) is 10.0. The second-order valence-corrected chi connectivity index (χ2v) is 8.10. The Bertz CT molecular complexity index is 1220. The molecule has 0 radical (unpaired) electrons. The van der Waals surface area contributed by atoms with Crippen LogP contribution in [0.2, 0.25) is 0 Å². The van der Waals surface area contributed by atoms with Gasteiger partial charge in [-0.15, -0.1) is 11.3 Å². The molecule has 2 aromatic carbocycles. The fourth-order valence-corrected chi connectivity index (χ4v) is 4.92. The molecular formula is C22H17FN4OS. The summed E-state index contributed by atoms with van der Waals surface area (Å²) in [6.45, 7) is 0.555. The standard InChI is InChI=1S/C22H17FN4OS/c23-16-7-5-13(6-8-16)19-10-17-20(29-19)22(26-12-25-17)27-11-15-4-2-1-3-14(15)9-18(27)21(24)28/h1-8,10,12,18H,9,11H2,(H2,24,28). The van der Waals surface area contributed by atoms with E-state index in [4.69, 9.17) is 5.73 Å². The lowest BCUT2D eigenvalue weighted by Crippen LogP contribution is -2.49. The number of hydrogen-bond acceptors (Lipinski definition) is 5. The highest BCUT2D eigenvalue weighted by molar-refractivity contribution is 7.22. The molecule has 2 N–H and O–H groups in total. The van der Waals surface area contributed by atoms with E-state index in [0.29, 0.717) is 18.8 Å². The third kappa shape index (κ3) is 3.13. The van der Waals surface area contributed by atoms with Crippen molar-refractivity contribution in [3.8, 4) is 10.4 Å². The van der Waals surface area contributed by atoms with Crippen LogP contribution in [0.3, 0.4) is 0 Å². The van der Waals surface area contributed by atoms with Crippen LogP contribution >= 0.6 is 11.3 Å². The molecule has 1 atom stereocenters. The first-order valence-electron chi connectivity index (χ1n) is 9.23. The number of halogens is 1. The topological polar surface area (TPSA) is 72.1 Å². The lowest BCUT2D eigenvalue weighted by Gasteiger charge is -2.36. The van der Waals surface area contributed by atoms with Gasteiger partial charge >= 0.3 is 0 Å². The zero-order valence-corrected chi connectivity index (χ0v) is 16.2. The number of benzene rings is 2. The summed E-state index contributed by atoms with van der Waals surface area (Å²) in [6, 6.07) is 15.9. The molecule has 5 nitrogen and oxygen atoms in total. The van der Waals surface area contributed by atoms with Crippen LogP contribution in [-0.4, -0.2) is 21.9 Å². The van der Waals surface area contributed by atoms with Gasteiger partial charge in [0.05, 0.1) is 10.2 Å². The number of amides is 1. The molecule has 0 saturated heterocycles. The van der Waals surface area contributed by atoms with Gasteiger partial charge < -0.3 is 10.6 Å². The third-order valence-corrected chi connectivity index (χ3v) is 6.44. The van der Waals surface area contributed by atoms with Crippen LogP contribution in [0.5, 0.6) is 0 Å². The normalized spacial score (nSPS) is 16.0. The van der Waals surface area contributed by atoms with E-state index >= 15 is 0 Å². The van der Waals surface area contributed by atoms with Crippen LogP contribution < -0.4 is 10.6 Å². The molecule has 1 amide bonds. The SMILES string of the molecule is NC(=O)C1Cc2ccccc2CN1c1ncnc2cc(-c3ccc(F)cc3)sc12. The predicted molar refractivity (Wildman–Crippen MR) is 112 cm³/mol. The fraction of sp³-hybridized carbons (Fsp3) is 0.136. The van der Waals surface area contributed by atoms with Gasteiger partial charge in [-0.25, -0.2) is 14.4 Å². The Hall–Kier alpha value is -3.32. The Morgan fingerprint density at radius 3 is 2.62 bits per heavy atom. The van der Waals surface area contributed by atoms with E-state index < -0.39 is 6.04 Å². The summed E-state index contributed by atoms with van der Waals surface area (Å²) in [6.07, 6.45) is 2.06. The zero-order valence-electron chi connectivity index (χ0n) is 15.4. The first-order chi connectivity index (χ1) is 14.1. The number of anilines is 1. The number of carbonyl (C=O) groups is 1. The van der Waals surface area contributed by atoms with E-state index in [1.54, 1.807) is 12.1 Å². The van der Waals surface area contributed by atoms with Crippen molar-refractivity contribution in [2.75, 3.05) is 4.90 Å². The molecule has 29 heavy (non-hydrogen) atoms. The third-order valence-electron chi connectivity index (χ3n) is 5.27. The van der Waals surface area contributed by atoms with Crippen molar-refractivity contribution in [1.82, 2.24) is 9.97 Å². The van der Waals surface area contributed by atoms with Gasteiger partial charge in [-0.05, 0) is 34.9 Å². The van der Waals surface area contributed by atoms with Crippen LogP contribution in [0, 0.1) is 5.82 Å². The number of aromatic nitrogens is 2. The number of carbonyl (C=O) groups excluding carboxylic acids is 1. The quantitative estimate of drug-likeness (QED) is 0.562. The van der Waals surface area contributed by atoms with Crippen molar-refractivity contribution < 1.29 is 9.18 Å². The van der Waals surface area contributed by atoms with Gasteiger partial charge in [0, 0.05) is 17.8 Å². The molecule has 0 saturated carbocycles. The number of fused-ring (bicyclic) bond motifs is 2. The summed E-state index contributed by atoms with van der Waals surface area (Å²) in [5, 5.41) is 0. The van der Waals surface area contributed by atoms with Gasteiger partial charge in [0.25, 0.3) is 0 Å². The van der Waals surface area contributed by atoms with Gasteiger partial charge in [0.1, 0.15) is 18.2 Å². The Morgan fingerprint density at radius 1 is 1.10 bits per heavy atom. The van der Waals surface area contributed by atoms with Crippen molar-refractivity contribution in [2.24, 2.45) is 5.73 Å². The summed E-state index contributed by atoms with van der Waals surface area (Å²) in [7, 11) is 0. The summed E-state index contributed by atoms with van der Waals surface area (Å²) in [5.74, 6) is 0.0554. The molecule has 0 bridgehead atoms. The lowest BCUT2D eigenvalue weighted by atomic mass is 9.93. The number of thiophene rings is 1. The Balaban J connectivity index is 1.62. The van der Waals surface area contributed by atoms with E-state index in [0.717, 1.165) is 31.8 Å². The minimum Gasteiger partial charge on any atom is -0.368 e. The zero-order chi connectivity index (χ0) is 20.0. The maximum absolute atomic E-state index is 13.3. The van der Waals surface area contributed by atoms with Crippen LogP contribution in [0.15, 0.2) is 60.9 Å². The summed E-state index contributed by atoms with van der Waals surface area (Å²) >= 11 is 1.53. The molecule has 5 rings (SSSR count). The molecule has 0 spiro atoms. The van der Waals surface area contributed by atoms with E-state index in [9.17, 15) is 9.18 Å². The molecule has 3 heterocycles. The van der Waals surface area contributed by atoms with E-state index in [2.05, 4.69) is 16.0 Å². The molecule has 1 aliphatic rings. The molecule has 144 valence electrons. The first kappa shape index (κ1) is 17.8. The van der Waals surface area contributed by atoms with Crippen molar-refractivity contribution >= 4 is 33.3 Å². The van der Waals surface area contributed by atoms with Crippen LogP contribution in [-0.2, 0) is 17.8 Å². The van der Waals surface area contributed by atoms with Crippen LogP contribution in [0.25, 0.3) is 20.7 Å². The van der Waals surface area contributed by atoms with E-state index in [1.807, 2.05) is 29.2 Å². The Kier molecular flexibility index (Phi) is 4.24. The maximum Gasteiger partial charge on any atom is 0.240 e. The fourth-order valence-electron chi connectivity index (χ4n) is 3.80. The number of nitrogens with zero attached hydrogens (tertiary/aromatic N) is 3. The highest BCUT2D eigenvalue weighted by atomic mass is 32.1. The Morgan fingerprint density at radius 2 is 1.86 bits per heavy atom. The number of primary amides is 1. The molecule has 7 heteroatoms. The number of nitrogens with two attached hydrogens (primary N) is 1. The minimum absolute atomic E-state index is 0.272. The summed E-state index contributed by atoms with van der Waals surface area (Å²) < 4.78 is 14.2. The monoisotopic (exact) mass is 404 g/mol. The van der Waals surface area contributed by atoms with Gasteiger partial charge in [-0.3, -0.25) is 4.79 Å². The van der Waals surface area contributed by atoms with Crippen LogP contribution in [0.1, 0.15) is 11.1 Å². The van der Waals surface area contributed by atoms with Gasteiger partial charge in [0.2, 0.25) is 5.91 Å². The predicted octanol–water partition coefficient (Wildman–Crippen LogP) is 3.91. The van der Waals surface area contributed by atoms with Crippen LogP contribution in [0.4, 0.5) is 10.2 Å². The number of hydrogen-bond donors (Lipinski definition) is 1. The molecule has 4 aromatic rings. The summed E-state index contributed by atoms with van der Waals surface area (Å²) in [4.78, 5) is 24.1. The second-order valence-electron chi connectivity index (χ2n) is 7.05. The Labute approximate surface area is 170 Å². The van der Waals surface area contributed by atoms with Gasteiger partial charge in [-0.2, -0.15) is 0 Å². The van der Waals surface area contributed by atoms with Crippen molar-refractivity contribution in [3.63, 3.8) is 0 Å². The largest absolute Gasteiger partial charge is 0.368 e. The smallest absolute Gasteiger partial charge is 0.240 e. The van der Waals surface area contributed by atoms with Gasteiger partial charge in [-0.1, -0.05) is 36.4 Å².